The van der Waals surface area contributed by atoms with E-state index >= 15 is 0 Å². The van der Waals surface area contributed by atoms with Crippen molar-refractivity contribution in [2.75, 3.05) is 12.4 Å². The van der Waals surface area contributed by atoms with Gasteiger partial charge in [-0.05, 0) is 29.8 Å². The molecular weight excluding hydrogens is 217 g/mol. The number of nitrogens with one attached hydrogen (secondary N) is 1. The van der Waals surface area contributed by atoms with Crippen molar-refractivity contribution in [2.45, 2.75) is 6.54 Å². The number of hydrogen-bond acceptors (Lipinski definition) is 2. The van der Waals surface area contributed by atoms with Gasteiger partial charge in [0.15, 0.2) is 0 Å². The van der Waals surface area contributed by atoms with Gasteiger partial charge in [0.1, 0.15) is 11.6 Å². The van der Waals surface area contributed by atoms with E-state index in [0.717, 1.165) is 11.3 Å². The van der Waals surface area contributed by atoms with Crippen LogP contribution in [0.15, 0.2) is 48.5 Å². The van der Waals surface area contributed by atoms with E-state index in [4.69, 9.17) is 4.74 Å². The molecule has 0 saturated carbocycles. The SMILES string of the molecule is COc1ccc(CNc2ccccc2F)cc1. The Labute approximate surface area is 100 Å². The summed E-state index contributed by atoms with van der Waals surface area (Å²) in [7, 11) is 1.63. The van der Waals surface area contributed by atoms with E-state index in [1.54, 1.807) is 25.3 Å². The summed E-state index contributed by atoms with van der Waals surface area (Å²) in [6.07, 6.45) is 0. The van der Waals surface area contributed by atoms with Crippen LogP contribution in [0.4, 0.5) is 10.1 Å². The highest BCUT2D eigenvalue weighted by molar-refractivity contribution is 5.45. The minimum atomic E-state index is -0.235. The van der Waals surface area contributed by atoms with E-state index in [9.17, 15) is 4.39 Å². The summed E-state index contributed by atoms with van der Waals surface area (Å²) in [4.78, 5) is 0. The summed E-state index contributed by atoms with van der Waals surface area (Å²) < 4.78 is 18.4. The molecule has 2 rings (SSSR count). The number of anilines is 1. The van der Waals surface area contributed by atoms with Gasteiger partial charge in [0.2, 0.25) is 0 Å². The largest absolute Gasteiger partial charge is 0.497 e. The standard InChI is InChI=1S/C14H14FNO/c1-17-12-8-6-11(7-9-12)10-16-14-5-3-2-4-13(14)15/h2-9,16H,10H2,1H3. The van der Waals surface area contributed by atoms with Gasteiger partial charge in [-0.2, -0.15) is 0 Å². The van der Waals surface area contributed by atoms with E-state index < -0.39 is 0 Å². The Morgan fingerprint density at radius 1 is 1.06 bits per heavy atom. The first kappa shape index (κ1) is 11.5. The van der Waals surface area contributed by atoms with Crippen molar-refractivity contribution in [1.29, 1.82) is 0 Å². The van der Waals surface area contributed by atoms with Gasteiger partial charge in [-0.15, -0.1) is 0 Å². The zero-order valence-corrected chi connectivity index (χ0v) is 9.61. The Bertz CT molecular complexity index is 482. The molecule has 0 saturated heterocycles. The average molecular weight is 231 g/mol. The van der Waals surface area contributed by atoms with Gasteiger partial charge >= 0.3 is 0 Å². The van der Waals surface area contributed by atoms with Gasteiger partial charge < -0.3 is 10.1 Å². The molecule has 0 fully saturated rings. The number of halogens is 1. The van der Waals surface area contributed by atoms with Crippen LogP contribution < -0.4 is 10.1 Å². The second kappa shape index (κ2) is 5.34. The number of rotatable bonds is 4. The molecule has 0 unspecified atom stereocenters. The van der Waals surface area contributed by atoms with Crippen molar-refractivity contribution in [3.05, 3.63) is 59.9 Å². The number of benzene rings is 2. The molecule has 0 spiro atoms. The molecule has 1 N–H and O–H groups in total. The summed E-state index contributed by atoms with van der Waals surface area (Å²) in [5.41, 5.74) is 1.59. The molecule has 88 valence electrons. The molecule has 2 aromatic rings. The second-order valence-electron chi connectivity index (χ2n) is 3.68. The highest BCUT2D eigenvalue weighted by Crippen LogP contribution is 2.15. The number of methoxy groups -OCH3 is 1. The molecule has 0 aliphatic rings. The van der Waals surface area contributed by atoms with Gasteiger partial charge in [-0.3, -0.25) is 0 Å². The average Bonchev–Trinajstić information content (AvgIpc) is 2.38. The van der Waals surface area contributed by atoms with E-state index in [-0.39, 0.29) is 5.82 Å². The van der Waals surface area contributed by atoms with E-state index in [2.05, 4.69) is 5.32 Å². The molecule has 3 heteroatoms. The van der Waals surface area contributed by atoms with Gasteiger partial charge in [0.05, 0.1) is 12.8 Å². The number of para-hydroxylation sites is 1. The predicted octanol–water partition coefficient (Wildman–Crippen LogP) is 3.45. The Hall–Kier alpha value is -2.03. The van der Waals surface area contributed by atoms with Crippen LogP contribution in [0.1, 0.15) is 5.56 Å². The molecule has 2 nitrogen and oxygen atoms in total. The maximum absolute atomic E-state index is 13.3. The number of ether oxygens (including phenoxy) is 1. The topological polar surface area (TPSA) is 21.3 Å². The monoisotopic (exact) mass is 231 g/mol. The fraction of sp³-hybridized carbons (Fsp3) is 0.143. The lowest BCUT2D eigenvalue weighted by Crippen LogP contribution is -2.01. The van der Waals surface area contributed by atoms with E-state index in [0.29, 0.717) is 12.2 Å². The smallest absolute Gasteiger partial charge is 0.146 e. The quantitative estimate of drug-likeness (QED) is 0.870. The van der Waals surface area contributed by atoms with Crippen LogP contribution in [0.3, 0.4) is 0 Å². The molecule has 0 atom stereocenters. The first-order valence-corrected chi connectivity index (χ1v) is 5.41. The first-order valence-electron chi connectivity index (χ1n) is 5.41. The van der Waals surface area contributed by atoms with Gasteiger partial charge in [0.25, 0.3) is 0 Å². The summed E-state index contributed by atoms with van der Waals surface area (Å²) >= 11 is 0. The molecule has 0 aromatic heterocycles. The minimum absolute atomic E-state index is 0.235. The molecular formula is C14H14FNO. The Morgan fingerprint density at radius 2 is 1.76 bits per heavy atom. The second-order valence-corrected chi connectivity index (χ2v) is 3.68. The van der Waals surface area contributed by atoms with Crippen molar-refractivity contribution < 1.29 is 9.13 Å². The lowest BCUT2D eigenvalue weighted by Gasteiger charge is -2.08. The van der Waals surface area contributed by atoms with Crippen LogP contribution in [0.5, 0.6) is 5.75 Å². The van der Waals surface area contributed by atoms with Crippen molar-refractivity contribution >= 4 is 5.69 Å². The van der Waals surface area contributed by atoms with Crippen LogP contribution in [0.25, 0.3) is 0 Å². The third kappa shape index (κ3) is 2.97. The molecule has 0 aliphatic carbocycles. The van der Waals surface area contributed by atoms with Crippen LogP contribution in [-0.4, -0.2) is 7.11 Å². The summed E-state index contributed by atoms with van der Waals surface area (Å²) in [6, 6.07) is 14.3. The molecule has 17 heavy (non-hydrogen) atoms. The maximum Gasteiger partial charge on any atom is 0.146 e. The Balaban J connectivity index is 2.00. The van der Waals surface area contributed by atoms with Crippen LogP contribution >= 0.6 is 0 Å². The van der Waals surface area contributed by atoms with E-state index in [1.165, 1.54) is 6.07 Å². The lowest BCUT2D eigenvalue weighted by molar-refractivity contribution is 0.414. The third-order valence-electron chi connectivity index (χ3n) is 2.52. The highest BCUT2D eigenvalue weighted by atomic mass is 19.1. The molecule has 0 radical (unpaired) electrons. The summed E-state index contributed by atoms with van der Waals surface area (Å²) in [6.45, 7) is 0.588. The van der Waals surface area contributed by atoms with Crippen LogP contribution in [0.2, 0.25) is 0 Å². The highest BCUT2D eigenvalue weighted by Gasteiger charge is 1.99. The van der Waals surface area contributed by atoms with Crippen molar-refractivity contribution in [3.63, 3.8) is 0 Å². The zero-order chi connectivity index (χ0) is 12.1. The fourth-order valence-corrected chi connectivity index (χ4v) is 1.55. The fourth-order valence-electron chi connectivity index (χ4n) is 1.55. The van der Waals surface area contributed by atoms with Gasteiger partial charge in [-0.1, -0.05) is 24.3 Å². The maximum atomic E-state index is 13.3. The predicted molar refractivity (Wildman–Crippen MR) is 66.7 cm³/mol. The molecule has 0 aliphatic heterocycles. The number of hydrogen-bond donors (Lipinski definition) is 1. The van der Waals surface area contributed by atoms with Crippen molar-refractivity contribution in [3.8, 4) is 5.75 Å². The Kier molecular flexibility index (Phi) is 3.60. The van der Waals surface area contributed by atoms with Crippen molar-refractivity contribution in [2.24, 2.45) is 0 Å². The Morgan fingerprint density at radius 3 is 2.41 bits per heavy atom. The summed E-state index contributed by atoms with van der Waals surface area (Å²) in [5, 5.41) is 3.05. The lowest BCUT2D eigenvalue weighted by atomic mass is 10.2. The molecule has 2 aromatic carbocycles. The zero-order valence-electron chi connectivity index (χ0n) is 9.61. The molecule has 0 amide bonds. The normalized spacial score (nSPS) is 10.0. The van der Waals surface area contributed by atoms with Crippen LogP contribution in [0, 0.1) is 5.82 Å². The first-order chi connectivity index (χ1) is 8.29. The molecule has 0 bridgehead atoms. The van der Waals surface area contributed by atoms with E-state index in [1.807, 2.05) is 24.3 Å². The summed E-state index contributed by atoms with van der Waals surface area (Å²) in [5.74, 6) is 0.584. The molecule has 0 heterocycles. The third-order valence-corrected chi connectivity index (χ3v) is 2.52. The van der Waals surface area contributed by atoms with Gasteiger partial charge in [-0.25, -0.2) is 4.39 Å². The minimum Gasteiger partial charge on any atom is -0.497 e. The van der Waals surface area contributed by atoms with Crippen molar-refractivity contribution in [1.82, 2.24) is 0 Å². The van der Waals surface area contributed by atoms with Gasteiger partial charge in [0, 0.05) is 6.54 Å². The van der Waals surface area contributed by atoms with Crippen LogP contribution in [-0.2, 0) is 6.54 Å².